The Labute approximate surface area is 116 Å². The number of carbonyl (C=O) groups excluding carboxylic acids is 1. The number of hydrogen-bond donors (Lipinski definition) is 2. The van der Waals surface area contributed by atoms with Gasteiger partial charge < -0.3 is 10.6 Å². The summed E-state index contributed by atoms with van der Waals surface area (Å²) < 4.78 is 0.675. The van der Waals surface area contributed by atoms with Crippen LogP contribution < -0.4 is 10.6 Å². The fraction of sp³-hybridized carbons (Fsp3) is 0.538. The van der Waals surface area contributed by atoms with Crippen LogP contribution in [0, 0.1) is 0 Å². The van der Waals surface area contributed by atoms with Gasteiger partial charge in [0.05, 0.1) is 5.69 Å². The van der Waals surface area contributed by atoms with Crippen molar-refractivity contribution in [1.29, 1.82) is 0 Å². The first kappa shape index (κ1) is 13.5. The summed E-state index contributed by atoms with van der Waals surface area (Å²) >= 11 is 3.31. The van der Waals surface area contributed by atoms with Crippen LogP contribution in [-0.4, -0.2) is 23.5 Å². The van der Waals surface area contributed by atoms with Crippen LogP contribution >= 0.6 is 15.9 Å². The minimum Gasteiger partial charge on any atom is -0.324 e. The van der Waals surface area contributed by atoms with Crippen LogP contribution in [-0.2, 0) is 4.79 Å². The van der Waals surface area contributed by atoms with Crippen molar-refractivity contribution in [2.45, 2.75) is 38.1 Å². The lowest BCUT2D eigenvalue weighted by Crippen LogP contribution is -2.34. The fourth-order valence-electron chi connectivity index (χ4n) is 2.17. The van der Waals surface area contributed by atoms with Gasteiger partial charge in [0.1, 0.15) is 4.60 Å². The molecule has 0 saturated carbocycles. The monoisotopic (exact) mass is 311 g/mol. The number of nitrogens with zero attached hydrogens (tertiary/aromatic N) is 1. The highest BCUT2D eigenvalue weighted by atomic mass is 79.9. The number of amides is 1. The van der Waals surface area contributed by atoms with Crippen molar-refractivity contribution < 1.29 is 4.79 Å². The van der Waals surface area contributed by atoms with Gasteiger partial charge in [-0.15, -0.1) is 0 Å². The van der Waals surface area contributed by atoms with Crippen molar-refractivity contribution >= 4 is 27.5 Å². The first-order chi connectivity index (χ1) is 8.75. The molecule has 2 rings (SSSR count). The Balaban J connectivity index is 1.76. The summed E-state index contributed by atoms with van der Waals surface area (Å²) in [6.45, 7) is 1.08. The molecule has 1 unspecified atom stereocenters. The van der Waals surface area contributed by atoms with Gasteiger partial charge in [-0.1, -0.05) is 6.42 Å². The number of hydrogen-bond acceptors (Lipinski definition) is 3. The van der Waals surface area contributed by atoms with Gasteiger partial charge in [0.2, 0.25) is 5.91 Å². The minimum atomic E-state index is 0.0519. The Bertz CT molecular complexity index is 405. The number of anilines is 1. The number of aromatic nitrogens is 1. The number of piperidine rings is 1. The predicted molar refractivity (Wildman–Crippen MR) is 75.4 cm³/mol. The maximum atomic E-state index is 11.8. The van der Waals surface area contributed by atoms with E-state index in [4.69, 9.17) is 0 Å². The number of halogens is 1. The van der Waals surface area contributed by atoms with E-state index in [0.717, 1.165) is 18.7 Å². The molecule has 1 aromatic heterocycles. The number of nitrogens with one attached hydrogen (secondary N) is 2. The molecule has 4 nitrogen and oxygen atoms in total. The molecule has 1 aliphatic rings. The maximum absolute atomic E-state index is 11.8. The van der Waals surface area contributed by atoms with Gasteiger partial charge in [0.15, 0.2) is 0 Å². The number of carbonyl (C=O) groups is 1. The molecule has 1 fully saturated rings. The molecule has 1 saturated heterocycles. The smallest absolute Gasteiger partial charge is 0.224 e. The highest BCUT2D eigenvalue weighted by molar-refractivity contribution is 9.10. The minimum absolute atomic E-state index is 0.0519. The highest BCUT2D eigenvalue weighted by Gasteiger charge is 2.14. The van der Waals surface area contributed by atoms with E-state index in [9.17, 15) is 4.79 Å². The third kappa shape index (κ3) is 4.07. The van der Waals surface area contributed by atoms with Gasteiger partial charge in [-0.2, -0.15) is 0 Å². The van der Waals surface area contributed by atoms with Crippen LogP contribution in [0.1, 0.15) is 32.1 Å². The number of pyridine rings is 1. The molecule has 0 aromatic carbocycles. The lowest BCUT2D eigenvalue weighted by molar-refractivity contribution is -0.116. The number of rotatable bonds is 4. The molecule has 0 spiro atoms. The van der Waals surface area contributed by atoms with Crippen LogP contribution in [0.2, 0.25) is 0 Å². The van der Waals surface area contributed by atoms with Crippen molar-refractivity contribution in [2.75, 3.05) is 11.9 Å². The molecule has 2 N–H and O–H groups in total. The average molecular weight is 312 g/mol. The summed E-state index contributed by atoms with van der Waals surface area (Å²) in [4.78, 5) is 15.9. The summed E-state index contributed by atoms with van der Waals surface area (Å²) in [5, 5.41) is 6.32. The third-order valence-corrected chi connectivity index (χ3v) is 3.80. The molecule has 1 aromatic rings. The van der Waals surface area contributed by atoms with E-state index in [1.165, 1.54) is 19.3 Å². The molecule has 1 amide bonds. The van der Waals surface area contributed by atoms with Crippen LogP contribution in [0.25, 0.3) is 0 Å². The quantitative estimate of drug-likeness (QED) is 0.841. The van der Waals surface area contributed by atoms with Crippen LogP contribution in [0.15, 0.2) is 22.9 Å². The summed E-state index contributed by atoms with van der Waals surface area (Å²) in [6, 6.07) is 4.15. The Morgan fingerprint density at radius 2 is 2.44 bits per heavy atom. The van der Waals surface area contributed by atoms with Crippen molar-refractivity contribution in [1.82, 2.24) is 10.3 Å². The molecule has 0 aliphatic carbocycles. The summed E-state index contributed by atoms with van der Waals surface area (Å²) in [5.41, 5.74) is 0.735. The van der Waals surface area contributed by atoms with Gasteiger partial charge in [-0.05, 0) is 53.9 Å². The van der Waals surface area contributed by atoms with Gasteiger partial charge in [-0.25, -0.2) is 4.98 Å². The van der Waals surface area contributed by atoms with E-state index in [1.807, 2.05) is 12.1 Å². The summed E-state index contributed by atoms with van der Waals surface area (Å²) in [7, 11) is 0. The standard InChI is InChI=1S/C13H18BrN3O/c14-13-11(5-3-9-16-13)17-12(18)7-6-10-4-1-2-8-15-10/h3,5,9-10,15H,1-2,4,6-8H2,(H,17,18). The van der Waals surface area contributed by atoms with Crippen LogP contribution in [0.5, 0.6) is 0 Å². The second-order valence-electron chi connectivity index (χ2n) is 4.58. The Hall–Kier alpha value is -0.940. The van der Waals surface area contributed by atoms with E-state index >= 15 is 0 Å². The third-order valence-electron chi connectivity index (χ3n) is 3.17. The lowest BCUT2D eigenvalue weighted by atomic mass is 10.0. The van der Waals surface area contributed by atoms with Crippen molar-refractivity contribution in [2.24, 2.45) is 0 Å². The molecule has 0 bridgehead atoms. The molecular weight excluding hydrogens is 294 g/mol. The molecule has 0 radical (unpaired) electrons. The molecule has 2 heterocycles. The van der Waals surface area contributed by atoms with Crippen molar-refractivity contribution in [3.63, 3.8) is 0 Å². The first-order valence-corrected chi connectivity index (χ1v) is 7.19. The Morgan fingerprint density at radius 1 is 1.56 bits per heavy atom. The van der Waals surface area contributed by atoms with Crippen molar-refractivity contribution in [3.05, 3.63) is 22.9 Å². The predicted octanol–water partition coefficient (Wildman–Crippen LogP) is 2.70. The van der Waals surface area contributed by atoms with E-state index in [-0.39, 0.29) is 5.91 Å². The van der Waals surface area contributed by atoms with E-state index in [2.05, 4.69) is 31.5 Å². The second kappa shape index (κ2) is 6.85. The molecular formula is C13H18BrN3O. The molecule has 1 atom stereocenters. The Morgan fingerprint density at radius 3 is 3.17 bits per heavy atom. The van der Waals surface area contributed by atoms with Gasteiger partial charge in [0.25, 0.3) is 0 Å². The maximum Gasteiger partial charge on any atom is 0.224 e. The molecule has 98 valence electrons. The van der Waals surface area contributed by atoms with Gasteiger partial charge in [0, 0.05) is 18.7 Å². The second-order valence-corrected chi connectivity index (χ2v) is 5.33. The van der Waals surface area contributed by atoms with E-state index in [1.54, 1.807) is 6.20 Å². The zero-order chi connectivity index (χ0) is 12.8. The van der Waals surface area contributed by atoms with E-state index < -0.39 is 0 Å². The zero-order valence-electron chi connectivity index (χ0n) is 10.3. The lowest BCUT2D eigenvalue weighted by Gasteiger charge is -2.23. The van der Waals surface area contributed by atoms with Gasteiger partial charge in [-0.3, -0.25) is 4.79 Å². The fourth-order valence-corrected chi connectivity index (χ4v) is 2.52. The molecule has 1 aliphatic heterocycles. The normalized spacial score (nSPS) is 19.5. The SMILES string of the molecule is O=C(CCC1CCCCN1)Nc1cccnc1Br. The highest BCUT2D eigenvalue weighted by Crippen LogP contribution is 2.19. The molecule has 5 heteroatoms. The largest absolute Gasteiger partial charge is 0.324 e. The van der Waals surface area contributed by atoms with Crippen molar-refractivity contribution in [3.8, 4) is 0 Å². The van der Waals surface area contributed by atoms with Gasteiger partial charge >= 0.3 is 0 Å². The topological polar surface area (TPSA) is 54.0 Å². The van der Waals surface area contributed by atoms with E-state index in [0.29, 0.717) is 17.1 Å². The zero-order valence-corrected chi connectivity index (χ0v) is 11.9. The summed E-state index contributed by atoms with van der Waals surface area (Å²) in [5.74, 6) is 0.0519. The van der Waals surface area contributed by atoms with Crippen LogP contribution in [0.4, 0.5) is 5.69 Å². The molecule has 18 heavy (non-hydrogen) atoms. The van der Waals surface area contributed by atoms with Crippen LogP contribution in [0.3, 0.4) is 0 Å². The first-order valence-electron chi connectivity index (χ1n) is 6.39. The Kier molecular flexibility index (Phi) is 5.13. The average Bonchev–Trinajstić information content (AvgIpc) is 2.40. The summed E-state index contributed by atoms with van der Waals surface area (Å²) in [6.07, 6.45) is 6.86.